The normalized spacial score (nSPS) is 25.2. The average Bonchev–Trinajstić information content (AvgIpc) is 3.10. The van der Waals surface area contributed by atoms with Crippen LogP contribution in [0.25, 0.3) is 0 Å². The molecule has 0 saturated carbocycles. The molecule has 2 atom stereocenters. The molecule has 122 valence electrons. The van der Waals surface area contributed by atoms with Crippen LogP contribution in [0.1, 0.15) is 66.5 Å². The SMILES string of the molecule is c1ccc(C2CCCCN2CCC2CCCc3sccc32)cc1. The standard InChI is InChI=1S/C21H27NS/c1-2-7-18(8-3-1)20-10-4-5-14-22(20)15-12-17-9-6-11-21-19(17)13-16-23-21/h1-3,7-8,13,16-17,20H,4-6,9-12,14-15H2. The first kappa shape index (κ1) is 15.4. The molecule has 4 rings (SSSR count). The Morgan fingerprint density at radius 3 is 2.83 bits per heavy atom. The number of hydrogen-bond acceptors (Lipinski definition) is 2. The van der Waals surface area contributed by atoms with Gasteiger partial charge in [-0.3, -0.25) is 4.90 Å². The highest BCUT2D eigenvalue weighted by atomic mass is 32.1. The van der Waals surface area contributed by atoms with E-state index in [4.69, 9.17) is 0 Å². The molecule has 1 aromatic heterocycles. The van der Waals surface area contributed by atoms with Gasteiger partial charge in [-0.05, 0) is 80.1 Å². The van der Waals surface area contributed by atoms with Crippen LogP contribution >= 0.6 is 11.3 Å². The van der Waals surface area contributed by atoms with Crippen LogP contribution in [0.3, 0.4) is 0 Å². The predicted molar refractivity (Wildman–Crippen MR) is 99.2 cm³/mol. The number of thiophene rings is 1. The minimum atomic E-state index is 0.649. The van der Waals surface area contributed by atoms with Crippen molar-refractivity contribution in [1.29, 1.82) is 0 Å². The number of fused-ring (bicyclic) bond motifs is 1. The maximum Gasteiger partial charge on any atom is 0.0348 e. The minimum Gasteiger partial charge on any atom is -0.296 e. The van der Waals surface area contributed by atoms with Crippen molar-refractivity contribution in [3.05, 3.63) is 57.8 Å². The van der Waals surface area contributed by atoms with E-state index in [2.05, 4.69) is 46.7 Å². The number of rotatable bonds is 4. The van der Waals surface area contributed by atoms with Crippen LogP contribution in [-0.4, -0.2) is 18.0 Å². The van der Waals surface area contributed by atoms with Crippen molar-refractivity contribution < 1.29 is 0 Å². The molecule has 2 unspecified atom stereocenters. The number of likely N-dealkylation sites (tertiary alicyclic amines) is 1. The summed E-state index contributed by atoms with van der Waals surface area (Å²) in [6, 6.07) is 14.2. The molecule has 2 heteroatoms. The summed E-state index contributed by atoms with van der Waals surface area (Å²) in [6.07, 6.45) is 9.53. The molecule has 0 bridgehead atoms. The van der Waals surface area contributed by atoms with E-state index in [-0.39, 0.29) is 0 Å². The number of nitrogens with zero attached hydrogens (tertiary/aromatic N) is 1. The van der Waals surface area contributed by atoms with E-state index in [9.17, 15) is 0 Å². The van der Waals surface area contributed by atoms with Gasteiger partial charge in [0.05, 0.1) is 0 Å². The summed E-state index contributed by atoms with van der Waals surface area (Å²) in [5, 5.41) is 2.30. The third-order valence-electron chi connectivity index (χ3n) is 5.74. The van der Waals surface area contributed by atoms with Gasteiger partial charge in [0.25, 0.3) is 0 Å². The topological polar surface area (TPSA) is 3.24 Å². The summed E-state index contributed by atoms with van der Waals surface area (Å²) in [7, 11) is 0. The highest BCUT2D eigenvalue weighted by Gasteiger charge is 2.26. The Morgan fingerprint density at radius 1 is 1.00 bits per heavy atom. The first-order valence-electron chi connectivity index (χ1n) is 9.27. The van der Waals surface area contributed by atoms with Crippen LogP contribution in [-0.2, 0) is 6.42 Å². The smallest absolute Gasteiger partial charge is 0.0348 e. The van der Waals surface area contributed by atoms with Gasteiger partial charge >= 0.3 is 0 Å². The van der Waals surface area contributed by atoms with Crippen molar-refractivity contribution in [3.8, 4) is 0 Å². The summed E-state index contributed by atoms with van der Waals surface area (Å²) < 4.78 is 0. The molecule has 23 heavy (non-hydrogen) atoms. The Labute approximate surface area is 144 Å². The van der Waals surface area contributed by atoms with E-state index in [1.54, 1.807) is 10.4 Å². The summed E-state index contributed by atoms with van der Waals surface area (Å²) in [4.78, 5) is 4.43. The first-order chi connectivity index (χ1) is 11.4. The highest BCUT2D eigenvalue weighted by molar-refractivity contribution is 7.10. The molecule has 2 aliphatic rings. The maximum absolute atomic E-state index is 2.76. The van der Waals surface area contributed by atoms with Gasteiger partial charge < -0.3 is 0 Å². The third kappa shape index (κ3) is 3.39. The third-order valence-corrected chi connectivity index (χ3v) is 6.74. The molecule has 0 spiro atoms. The van der Waals surface area contributed by atoms with Crippen molar-refractivity contribution in [3.63, 3.8) is 0 Å². The summed E-state index contributed by atoms with van der Waals surface area (Å²) >= 11 is 1.97. The summed E-state index contributed by atoms with van der Waals surface area (Å²) in [5.74, 6) is 0.809. The molecule has 1 aliphatic heterocycles. The molecule has 0 radical (unpaired) electrons. The lowest BCUT2D eigenvalue weighted by Gasteiger charge is -2.37. The Morgan fingerprint density at radius 2 is 1.91 bits per heavy atom. The van der Waals surface area contributed by atoms with Gasteiger partial charge in [-0.15, -0.1) is 11.3 Å². The number of piperidine rings is 1. The van der Waals surface area contributed by atoms with Gasteiger partial charge in [-0.25, -0.2) is 0 Å². The fourth-order valence-electron chi connectivity index (χ4n) is 4.51. The van der Waals surface area contributed by atoms with Crippen molar-refractivity contribution in [2.75, 3.05) is 13.1 Å². The first-order valence-corrected chi connectivity index (χ1v) is 10.1. The lowest BCUT2D eigenvalue weighted by Crippen LogP contribution is -2.35. The van der Waals surface area contributed by atoms with Crippen molar-refractivity contribution in [2.45, 2.75) is 56.9 Å². The van der Waals surface area contributed by atoms with Crippen LogP contribution < -0.4 is 0 Å². The summed E-state index contributed by atoms with van der Waals surface area (Å²) in [6.45, 7) is 2.54. The summed E-state index contributed by atoms with van der Waals surface area (Å²) in [5.41, 5.74) is 3.20. The van der Waals surface area contributed by atoms with Gasteiger partial charge in [0, 0.05) is 10.9 Å². The minimum absolute atomic E-state index is 0.649. The molecule has 1 aliphatic carbocycles. The number of aryl methyl sites for hydroxylation is 1. The van der Waals surface area contributed by atoms with E-state index in [1.807, 2.05) is 11.3 Å². The number of hydrogen-bond donors (Lipinski definition) is 0. The van der Waals surface area contributed by atoms with Crippen LogP contribution in [0.4, 0.5) is 0 Å². The zero-order chi connectivity index (χ0) is 15.5. The average molecular weight is 326 g/mol. The molecule has 1 saturated heterocycles. The molecule has 0 N–H and O–H groups in total. The van der Waals surface area contributed by atoms with Crippen LogP contribution in [0.5, 0.6) is 0 Å². The quantitative estimate of drug-likeness (QED) is 0.688. The zero-order valence-electron chi connectivity index (χ0n) is 13.9. The highest BCUT2D eigenvalue weighted by Crippen LogP contribution is 2.38. The van der Waals surface area contributed by atoms with Crippen molar-refractivity contribution in [1.82, 2.24) is 4.90 Å². The second-order valence-corrected chi connectivity index (χ2v) is 8.14. The zero-order valence-corrected chi connectivity index (χ0v) is 14.7. The molecular formula is C21H27NS. The van der Waals surface area contributed by atoms with Crippen LogP contribution in [0.2, 0.25) is 0 Å². The Kier molecular flexibility index (Phi) is 4.82. The van der Waals surface area contributed by atoms with Crippen molar-refractivity contribution >= 4 is 11.3 Å². The second-order valence-electron chi connectivity index (χ2n) is 7.14. The lowest BCUT2D eigenvalue weighted by molar-refractivity contribution is 0.142. The van der Waals surface area contributed by atoms with Crippen LogP contribution in [0.15, 0.2) is 41.8 Å². The maximum atomic E-state index is 2.76. The van der Waals surface area contributed by atoms with Gasteiger partial charge in [0.2, 0.25) is 0 Å². The van der Waals surface area contributed by atoms with Crippen LogP contribution in [0, 0.1) is 0 Å². The number of benzene rings is 1. The molecule has 1 aromatic carbocycles. The van der Waals surface area contributed by atoms with E-state index < -0.39 is 0 Å². The van der Waals surface area contributed by atoms with Crippen molar-refractivity contribution in [2.24, 2.45) is 0 Å². The molecular weight excluding hydrogens is 298 g/mol. The largest absolute Gasteiger partial charge is 0.296 e. The Balaban J connectivity index is 1.43. The van der Waals surface area contributed by atoms with E-state index >= 15 is 0 Å². The van der Waals surface area contributed by atoms with Gasteiger partial charge in [0.1, 0.15) is 0 Å². The fourth-order valence-corrected chi connectivity index (χ4v) is 5.53. The van der Waals surface area contributed by atoms with Gasteiger partial charge in [-0.1, -0.05) is 36.8 Å². The van der Waals surface area contributed by atoms with Gasteiger partial charge in [0.15, 0.2) is 0 Å². The van der Waals surface area contributed by atoms with E-state index in [0.717, 1.165) is 5.92 Å². The molecule has 0 amide bonds. The second kappa shape index (κ2) is 7.19. The molecule has 1 nitrogen and oxygen atoms in total. The molecule has 1 fully saturated rings. The Hall–Kier alpha value is -1.12. The molecule has 2 heterocycles. The fraction of sp³-hybridized carbons (Fsp3) is 0.524. The Bertz CT molecular complexity index is 618. The molecule has 2 aromatic rings. The van der Waals surface area contributed by atoms with E-state index in [1.165, 1.54) is 63.6 Å². The predicted octanol–water partition coefficient (Wildman–Crippen LogP) is 5.79. The van der Waals surface area contributed by atoms with E-state index in [0.29, 0.717) is 6.04 Å². The lowest BCUT2D eigenvalue weighted by atomic mass is 9.85. The monoisotopic (exact) mass is 325 g/mol. The van der Waals surface area contributed by atoms with Gasteiger partial charge in [-0.2, -0.15) is 0 Å².